The normalized spacial score (nSPS) is 12.4. The van der Waals surface area contributed by atoms with Gasteiger partial charge in [-0.05, 0) is 25.5 Å². The molecule has 0 saturated heterocycles. The third-order valence-electron chi connectivity index (χ3n) is 2.52. The van der Waals surface area contributed by atoms with Crippen LogP contribution in [0.15, 0.2) is 30.7 Å². The molecule has 0 aliphatic carbocycles. The van der Waals surface area contributed by atoms with Crippen molar-refractivity contribution < 1.29 is 4.74 Å². The number of nitrogens with zero attached hydrogens (tertiary/aromatic N) is 3. The Labute approximate surface area is 107 Å². The summed E-state index contributed by atoms with van der Waals surface area (Å²) in [5, 5.41) is 4.20. The van der Waals surface area contributed by atoms with Gasteiger partial charge >= 0.3 is 0 Å². The van der Waals surface area contributed by atoms with E-state index < -0.39 is 0 Å². The van der Waals surface area contributed by atoms with E-state index >= 15 is 0 Å². The average Bonchev–Trinajstić information content (AvgIpc) is 2.78. The Morgan fingerprint density at radius 3 is 2.78 bits per heavy atom. The maximum absolute atomic E-state index is 5.74. The third-order valence-corrected chi connectivity index (χ3v) is 2.52. The fourth-order valence-corrected chi connectivity index (χ4v) is 1.61. The van der Waals surface area contributed by atoms with Gasteiger partial charge in [-0.15, -0.1) is 0 Å². The van der Waals surface area contributed by atoms with Crippen LogP contribution in [-0.4, -0.2) is 14.8 Å². The Hall–Kier alpha value is -1.88. The van der Waals surface area contributed by atoms with Gasteiger partial charge in [-0.3, -0.25) is 9.67 Å². The van der Waals surface area contributed by atoms with E-state index in [4.69, 9.17) is 10.5 Å². The Morgan fingerprint density at radius 2 is 2.17 bits per heavy atom. The van der Waals surface area contributed by atoms with Crippen LogP contribution in [-0.2, 0) is 6.54 Å². The Kier molecular flexibility index (Phi) is 3.94. The molecule has 2 heterocycles. The highest BCUT2D eigenvalue weighted by Gasteiger charge is 2.04. The molecule has 96 valence electrons. The van der Waals surface area contributed by atoms with Crippen molar-refractivity contribution in [1.29, 1.82) is 0 Å². The molecule has 0 aliphatic rings. The molecule has 2 aromatic rings. The summed E-state index contributed by atoms with van der Waals surface area (Å²) in [4.78, 5) is 4.24. The van der Waals surface area contributed by atoms with Crippen LogP contribution in [0.5, 0.6) is 11.5 Å². The number of hydrogen-bond acceptors (Lipinski definition) is 4. The van der Waals surface area contributed by atoms with Crippen LogP contribution in [0.2, 0.25) is 0 Å². The largest absolute Gasteiger partial charge is 0.452 e. The van der Waals surface area contributed by atoms with Crippen LogP contribution >= 0.6 is 0 Å². The molecule has 2 rings (SSSR count). The second kappa shape index (κ2) is 5.64. The topological polar surface area (TPSA) is 66.0 Å². The summed E-state index contributed by atoms with van der Waals surface area (Å²) in [6.45, 7) is 4.90. The van der Waals surface area contributed by atoms with Gasteiger partial charge in [0, 0.05) is 12.6 Å². The van der Waals surface area contributed by atoms with E-state index in [0.717, 1.165) is 24.4 Å². The van der Waals surface area contributed by atoms with Crippen molar-refractivity contribution in [2.45, 2.75) is 32.9 Å². The van der Waals surface area contributed by atoms with Gasteiger partial charge in [-0.2, -0.15) is 5.10 Å². The molecule has 18 heavy (non-hydrogen) atoms. The van der Waals surface area contributed by atoms with E-state index in [1.165, 1.54) is 0 Å². The lowest BCUT2D eigenvalue weighted by Gasteiger charge is -2.06. The third kappa shape index (κ3) is 3.07. The van der Waals surface area contributed by atoms with Gasteiger partial charge in [0.1, 0.15) is 5.75 Å². The summed E-state index contributed by atoms with van der Waals surface area (Å²) in [5.41, 5.74) is 6.59. The lowest BCUT2D eigenvalue weighted by molar-refractivity contribution is 0.477. The highest BCUT2D eigenvalue weighted by atomic mass is 16.5. The van der Waals surface area contributed by atoms with Crippen LogP contribution in [0.4, 0.5) is 0 Å². The lowest BCUT2D eigenvalue weighted by atomic mass is 10.2. The molecule has 0 aromatic carbocycles. The van der Waals surface area contributed by atoms with Gasteiger partial charge in [0.2, 0.25) is 0 Å². The maximum atomic E-state index is 5.74. The van der Waals surface area contributed by atoms with E-state index in [-0.39, 0.29) is 6.04 Å². The summed E-state index contributed by atoms with van der Waals surface area (Å²) in [5.74, 6) is 1.41. The van der Waals surface area contributed by atoms with E-state index in [1.54, 1.807) is 12.4 Å². The standard InChI is InChI=1S/C13H18N4O/c1-3-6-17-9-12(8-16-17)18-11-4-5-13(10(2)14)15-7-11/h4-5,7-10H,3,6,14H2,1-2H3. The van der Waals surface area contributed by atoms with Crippen molar-refractivity contribution in [2.24, 2.45) is 5.73 Å². The number of hydrogen-bond donors (Lipinski definition) is 1. The highest BCUT2D eigenvalue weighted by molar-refractivity contribution is 5.27. The molecule has 0 radical (unpaired) electrons. The van der Waals surface area contributed by atoms with E-state index in [9.17, 15) is 0 Å². The van der Waals surface area contributed by atoms with E-state index in [2.05, 4.69) is 17.0 Å². The van der Waals surface area contributed by atoms with Gasteiger partial charge < -0.3 is 10.5 Å². The molecule has 2 N–H and O–H groups in total. The van der Waals surface area contributed by atoms with Gasteiger partial charge in [-0.1, -0.05) is 6.92 Å². The number of nitrogens with two attached hydrogens (primary N) is 1. The quantitative estimate of drug-likeness (QED) is 0.880. The van der Waals surface area contributed by atoms with Gasteiger partial charge in [-0.25, -0.2) is 0 Å². The van der Waals surface area contributed by atoms with Crippen molar-refractivity contribution in [3.63, 3.8) is 0 Å². The molecule has 5 heteroatoms. The number of aromatic nitrogens is 3. The summed E-state index contributed by atoms with van der Waals surface area (Å²) in [7, 11) is 0. The van der Waals surface area contributed by atoms with E-state index in [1.807, 2.05) is 29.9 Å². The summed E-state index contributed by atoms with van der Waals surface area (Å²) >= 11 is 0. The van der Waals surface area contributed by atoms with Crippen LogP contribution in [0, 0.1) is 0 Å². The highest BCUT2D eigenvalue weighted by Crippen LogP contribution is 2.20. The number of pyridine rings is 1. The summed E-state index contributed by atoms with van der Waals surface area (Å²) < 4.78 is 7.51. The second-order valence-corrected chi connectivity index (χ2v) is 4.25. The first-order valence-corrected chi connectivity index (χ1v) is 6.11. The molecular weight excluding hydrogens is 228 g/mol. The zero-order chi connectivity index (χ0) is 13.0. The molecule has 1 atom stereocenters. The smallest absolute Gasteiger partial charge is 0.165 e. The van der Waals surface area contributed by atoms with Crippen LogP contribution in [0.25, 0.3) is 0 Å². The molecule has 5 nitrogen and oxygen atoms in total. The minimum Gasteiger partial charge on any atom is -0.452 e. The maximum Gasteiger partial charge on any atom is 0.165 e. The van der Waals surface area contributed by atoms with Crippen molar-refractivity contribution >= 4 is 0 Å². The molecule has 0 aliphatic heterocycles. The van der Waals surface area contributed by atoms with E-state index in [0.29, 0.717) is 5.75 Å². The minimum absolute atomic E-state index is 0.0636. The number of rotatable bonds is 5. The zero-order valence-electron chi connectivity index (χ0n) is 10.7. The first kappa shape index (κ1) is 12.6. The molecule has 1 unspecified atom stereocenters. The van der Waals surface area contributed by atoms with Crippen LogP contribution < -0.4 is 10.5 Å². The minimum atomic E-state index is -0.0636. The fraction of sp³-hybridized carbons (Fsp3) is 0.385. The summed E-state index contributed by atoms with van der Waals surface area (Å²) in [6, 6.07) is 3.67. The van der Waals surface area contributed by atoms with Crippen molar-refractivity contribution in [1.82, 2.24) is 14.8 Å². The summed E-state index contributed by atoms with van der Waals surface area (Å²) in [6.07, 6.45) is 6.31. The number of aryl methyl sites for hydroxylation is 1. The molecule has 0 spiro atoms. The van der Waals surface area contributed by atoms with Crippen molar-refractivity contribution in [3.8, 4) is 11.5 Å². The monoisotopic (exact) mass is 246 g/mol. The molecule has 0 saturated carbocycles. The van der Waals surface area contributed by atoms with Gasteiger partial charge in [0.25, 0.3) is 0 Å². The lowest BCUT2D eigenvalue weighted by Crippen LogP contribution is -2.06. The number of ether oxygens (including phenoxy) is 1. The molecule has 0 amide bonds. The predicted octanol–water partition coefficient (Wildman–Crippen LogP) is 2.50. The molecule has 0 bridgehead atoms. The first-order valence-electron chi connectivity index (χ1n) is 6.11. The predicted molar refractivity (Wildman–Crippen MR) is 69.4 cm³/mol. The molecule has 0 fully saturated rings. The van der Waals surface area contributed by atoms with Crippen LogP contribution in [0.3, 0.4) is 0 Å². The Bertz CT molecular complexity index is 490. The van der Waals surface area contributed by atoms with Crippen molar-refractivity contribution in [3.05, 3.63) is 36.4 Å². The fourth-order valence-electron chi connectivity index (χ4n) is 1.61. The second-order valence-electron chi connectivity index (χ2n) is 4.25. The SMILES string of the molecule is CCCn1cc(Oc2ccc(C(C)N)nc2)cn1. The average molecular weight is 246 g/mol. The Balaban J connectivity index is 2.03. The molecule has 2 aromatic heterocycles. The van der Waals surface area contributed by atoms with Crippen molar-refractivity contribution in [2.75, 3.05) is 0 Å². The zero-order valence-corrected chi connectivity index (χ0v) is 10.7. The first-order chi connectivity index (χ1) is 8.69. The Morgan fingerprint density at radius 1 is 1.33 bits per heavy atom. The van der Waals surface area contributed by atoms with Gasteiger partial charge in [0.15, 0.2) is 5.75 Å². The van der Waals surface area contributed by atoms with Crippen LogP contribution in [0.1, 0.15) is 32.0 Å². The van der Waals surface area contributed by atoms with Gasteiger partial charge in [0.05, 0.1) is 24.3 Å². The molecular formula is C13H18N4O.